The molecule has 3 aromatic carbocycles. The lowest BCUT2D eigenvalue weighted by molar-refractivity contribution is -0.0498. The molecule has 0 atom stereocenters. The van der Waals surface area contributed by atoms with Gasteiger partial charge in [-0.15, -0.1) is 11.3 Å². The predicted molar refractivity (Wildman–Crippen MR) is 125 cm³/mol. The van der Waals surface area contributed by atoms with Crippen molar-refractivity contribution in [2.75, 3.05) is 4.90 Å². The Balaban J connectivity index is 1.68. The summed E-state index contributed by atoms with van der Waals surface area (Å²) in [5, 5.41) is 2.40. The molecule has 0 aliphatic carbocycles. The first kappa shape index (κ1) is 22.1. The third-order valence-corrected chi connectivity index (χ3v) is 5.99. The molecule has 0 bridgehead atoms. The van der Waals surface area contributed by atoms with E-state index < -0.39 is 6.61 Å². The maximum Gasteiger partial charge on any atom is 0.387 e. The highest BCUT2D eigenvalue weighted by Gasteiger charge is 2.22. The van der Waals surface area contributed by atoms with Crippen molar-refractivity contribution in [3.8, 4) is 17.0 Å². The van der Waals surface area contributed by atoms with Crippen LogP contribution in [0.15, 0.2) is 88.7 Å². The molecule has 0 N–H and O–H groups in total. The highest BCUT2D eigenvalue weighted by molar-refractivity contribution is 9.10. The van der Waals surface area contributed by atoms with Crippen LogP contribution in [0.4, 0.5) is 13.9 Å². The Kier molecular flexibility index (Phi) is 6.92. The third kappa shape index (κ3) is 5.38. The summed E-state index contributed by atoms with van der Waals surface area (Å²) in [6.07, 6.45) is 0. The summed E-state index contributed by atoms with van der Waals surface area (Å²) in [5.74, 6) is -0.425. The standard InChI is InChI=1S/C24H17BrF2N2O2S/c25-19-11-9-17(10-12-19)21-15-32-24(28-21)29(14-16-5-2-1-3-6-16)22(30)18-7-4-8-20(13-18)31-23(26)27/h1-13,15,23H,14H2. The van der Waals surface area contributed by atoms with Crippen molar-refractivity contribution in [3.63, 3.8) is 0 Å². The summed E-state index contributed by atoms with van der Waals surface area (Å²) in [6.45, 7) is -2.68. The third-order valence-electron chi connectivity index (χ3n) is 4.60. The summed E-state index contributed by atoms with van der Waals surface area (Å²) in [4.78, 5) is 19.6. The zero-order valence-corrected chi connectivity index (χ0v) is 19.0. The molecule has 0 aliphatic heterocycles. The number of aromatic nitrogens is 1. The number of carbonyl (C=O) groups is 1. The van der Waals surface area contributed by atoms with E-state index in [0.717, 1.165) is 21.3 Å². The van der Waals surface area contributed by atoms with E-state index in [1.807, 2.05) is 60.0 Å². The average Bonchev–Trinajstić information content (AvgIpc) is 3.28. The number of nitrogens with zero attached hydrogens (tertiary/aromatic N) is 2. The molecule has 162 valence electrons. The number of amides is 1. The number of hydrogen-bond acceptors (Lipinski definition) is 4. The molecule has 0 saturated heterocycles. The molecular formula is C24H17BrF2N2O2S. The van der Waals surface area contributed by atoms with Gasteiger partial charge < -0.3 is 4.74 Å². The molecule has 8 heteroatoms. The number of rotatable bonds is 7. The van der Waals surface area contributed by atoms with Crippen LogP contribution in [-0.4, -0.2) is 17.5 Å². The van der Waals surface area contributed by atoms with Gasteiger partial charge in [0.15, 0.2) is 5.13 Å². The van der Waals surface area contributed by atoms with Gasteiger partial charge >= 0.3 is 6.61 Å². The fourth-order valence-electron chi connectivity index (χ4n) is 3.09. The van der Waals surface area contributed by atoms with Crippen molar-refractivity contribution in [2.24, 2.45) is 0 Å². The smallest absolute Gasteiger partial charge is 0.387 e. The van der Waals surface area contributed by atoms with Crippen LogP contribution in [0.5, 0.6) is 5.75 Å². The Morgan fingerprint density at radius 2 is 1.78 bits per heavy atom. The van der Waals surface area contributed by atoms with Gasteiger partial charge in [-0.1, -0.05) is 64.5 Å². The van der Waals surface area contributed by atoms with Gasteiger partial charge in [0.1, 0.15) is 5.75 Å². The normalized spacial score (nSPS) is 10.9. The van der Waals surface area contributed by atoms with Crippen LogP contribution in [0, 0.1) is 0 Å². The lowest BCUT2D eigenvalue weighted by Gasteiger charge is -2.20. The molecule has 0 saturated carbocycles. The monoisotopic (exact) mass is 514 g/mol. The number of thiazole rings is 1. The van der Waals surface area contributed by atoms with Gasteiger partial charge in [-0.05, 0) is 35.9 Å². The number of hydrogen-bond donors (Lipinski definition) is 0. The first-order valence-electron chi connectivity index (χ1n) is 9.62. The van der Waals surface area contributed by atoms with Gasteiger partial charge in [-0.3, -0.25) is 9.69 Å². The number of ether oxygens (including phenoxy) is 1. The van der Waals surface area contributed by atoms with Gasteiger partial charge in [0.2, 0.25) is 0 Å². The second kappa shape index (κ2) is 10.0. The van der Waals surface area contributed by atoms with Crippen LogP contribution in [-0.2, 0) is 6.54 Å². The van der Waals surface area contributed by atoms with Gasteiger partial charge in [-0.25, -0.2) is 4.98 Å². The molecule has 0 unspecified atom stereocenters. The minimum Gasteiger partial charge on any atom is -0.435 e. The second-order valence-electron chi connectivity index (χ2n) is 6.81. The number of halogens is 3. The van der Waals surface area contributed by atoms with Crippen LogP contribution in [0.25, 0.3) is 11.3 Å². The maximum atomic E-state index is 13.4. The number of anilines is 1. The Labute approximate surface area is 196 Å². The van der Waals surface area contributed by atoms with E-state index in [1.165, 1.54) is 29.5 Å². The summed E-state index contributed by atoms with van der Waals surface area (Å²) in [7, 11) is 0. The largest absolute Gasteiger partial charge is 0.435 e. The minimum atomic E-state index is -2.96. The zero-order chi connectivity index (χ0) is 22.5. The van der Waals surface area contributed by atoms with Crippen molar-refractivity contribution in [1.29, 1.82) is 0 Å². The van der Waals surface area contributed by atoms with Crippen LogP contribution < -0.4 is 9.64 Å². The zero-order valence-electron chi connectivity index (χ0n) is 16.6. The van der Waals surface area contributed by atoms with Gasteiger partial charge in [-0.2, -0.15) is 8.78 Å². The van der Waals surface area contributed by atoms with Crippen molar-refractivity contribution in [3.05, 3.63) is 99.8 Å². The molecule has 1 aromatic heterocycles. The van der Waals surface area contributed by atoms with E-state index >= 15 is 0 Å². The molecule has 32 heavy (non-hydrogen) atoms. The van der Waals surface area contributed by atoms with Crippen molar-refractivity contribution in [1.82, 2.24) is 4.98 Å². The SMILES string of the molecule is O=C(c1cccc(OC(F)F)c1)N(Cc1ccccc1)c1nc(-c2ccc(Br)cc2)cs1. The molecule has 1 heterocycles. The number of alkyl halides is 2. The second-order valence-corrected chi connectivity index (χ2v) is 8.56. The molecule has 0 aliphatic rings. The number of carbonyl (C=O) groups excluding carboxylic acids is 1. The molecule has 0 spiro atoms. The van der Waals surface area contributed by atoms with E-state index in [2.05, 4.69) is 25.7 Å². The van der Waals surface area contributed by atoms with E-state index in [4.69, 9.17) is 0 Å². The quantitative estimate of drug-likeness (QED) is 0.266. The number of benzene rings is 3. The molecular weight excluding hydrogens is 498 g/mol. The van der Waals surface area contributed by atoms with Crippen molar-refractivity contribution >= 4 is 38.3 Å². The van der Waals surface area contributed by atoms with Crippen LogP contribution in [0.2, 0.25) is 0 Å². The summed E-state index contributed by atoms with van der Waals surface area (Å²) < 4.78 is 30.7. The van der Waals surface area contributed by atoms with Crippen molar-refractivity contribution in [2.45, 2.75) is 13.2 Å². The Hall–Kier alpha value is -3.10. The summed E-state index contributed by atoms with van der Waals surface area (Å²) in [5.41, 5.74) is 2.83. The fourth-order valence-corrected chi connectivity index (χ4v) is 4.19. The van der Waals surface area contributed by atoms with Gasteiger partial charge in [0, 0.05) is 21.0 Å². The lowest BCUT2D eigenvalue weighted by atomic mass is 10.1. The first-order chi connectivity index (χ1) is 15.5. The summed E-state index contributed by atoms with van der Waals surface area (Å²) in [6, 6.07) is 23.0. The minimum absolute atomic E-state index is 0.0693. The molecule has 0 fully saturated rings. The molecule has 4 aromatic rings. The van der Waals surface area contributed by atoms with Crippen molar-refractivity contribution < 1.29 is 18.3 Å². The molecule has 4 nitrogen and oxygen atoms in total. The Morgan fingerprint density at radius 3 is 2.50 bits per heavy atom. The van der Waals surface area contributed by atoms with E-state index in [-0.39, 0.29) is 23.8 Å². The fraction of sp³-hybridized carbons (Fsp3) is 0.0833. The molecule has 1 amide bonds. The van der Waals surface area contributed by atoms with Gasteiger partial charge in [0.25, 0.3) is 5.91 Å². The average molecular weight is 515 g/mol. The Morgan fingerprint density at radius 1 is 1.03 bits per heavy atom. The lowest BCUT2D eigenvalue weighted by Crippen LogP contribution is -2.30. The first-order valence-corrected chi connectivity index (χ1v) is 11.3. The van der Waals surface area contributed by atoms with E-state index in [1.54, 1.807) is 11.0 Å². The predicted octanol–water partition coefficient (Wildman–Crippen LogP) is 7.02. The van der Waals surface area contributed by atoms with E-state index in [9.17, 15) is 13.6 Å². The molecule has 0 radical (unpaired) electrons. The Bertz CT molecular complexity index is 1200. The van der Waals surface area contributed by atoms with Gasteiger partial charge in [0.05, 0.1) is 12.2 Å². The summed E-state index contributed by atoms with van der Waals surface area (Å²) >= 11 is 4.77. The maximum absolute atomic E-state index is 13.4. The van der Waals surface area contributed by atoms with E-state index in [0.29, 0.717) is 5.13 Å². The van der Waals surface area contributed by atoms with Crippen LogP contribution >= 0.6 is 27.3 Å². The molecule has 4 rings (SSSR count). The van der Waals surface area contributed by atoms with Crippen LogP contribution in [0.3, 0.4) is 0 Å². The topological polar surface area (TPSA) is 42.4 Å². The van der Waals surface area contributed by atoms with Crippen LogP contribution in [0.1, 0.15) is 15.9 Å². The highest BCUT2D eigenvalue weighted by atomic mass is 79.9. The highest BCUT2D eigenvalue weighted by Crippen LogP contribution is 2.30.